The van der Waals surface area contributed by atoms with Crippen molar-refractivity contribution in [2.75, 3.05) is 0 Å². The van der Waals surface area contributed by atoms with Gasteiger partial charge in [0.1, 0.15) is 11.8 Å². The van der Waals surface area contributed by atoms with Gasteiger partial charge in [-0.05, 0) is 48.9 Å². The summed E-state index contributed by atoms with van der Waals surface area (Å²) < 4.78 is 5.57. The van der Waals surface area contributed by atoms with Gasteiger partial charge in [0.2, 0.25) is 0 Å². The molecule has 0 bridgehead atoms. The van der Waals surface area contributed by atoms with E-state index in [2.05, 4.69) is 5.10 Å². The standard InChI is InChI=1S/C21H17ClN2O2/c1-14-4-6-15(7-5-14)18-13-19(20-3-2-12-26-20)24(23-18)21(25)16-8-10-17(22)11-9-16/h2-12,19H,13H2,1H3/t19-/m1/s1. The molecule has 1 amide bonds. The molecule has 0 fully saturated rings. The Morgan fingerprint density at radius 1 is 1.12 bits per heavy atom. The fraction of sp³-hybridized carbons (Fsp3) is 0.143. The zero-order valence-corrected chi connectivity index (χ0v) is 15.0. The van der Waals surface area contributed by atoms with Crippen LogP contribution < -0.4 is 0 Å². The molecule has 1 aromatic heterocycles. The van der Waals surface area contributed by atoms with Gasteiger partial charge in [-0.25, -0.2) is 5.01 Å². The molecular weight excluding hydrogens is 348 g/mol. The minimum absolute atomic E-state index is 0.176. The van der Waals surface area contributed by atoms with Crippen LogP contribution in [-0.2, 0) is 0 Å². The minimum Gasteiger partial charge on any atom is -0.467 e. The lowest BCUT2D eigenvalue weighted by molar-refractivity contribution is 0.0693. The normalized spacial score (nSPS) is 16.6. The number of aryl methyl sites for hydroxylation is 1. The molecule has 26 heavy (non-hydrogen) atoms. The van der Waals surface area contributed by atoms with Crippen molar-refractivity contribution in [1.82, 2.24) is 5.01 Å². The van der Waals surface area contributed by atoms with E-state index in [1.54, 1.807) is 30.5 Å². The van der Waals surface area contributed by atoms with Crippen molar-refractivity contribution in [1.29, 1.82) is 0 Å². The van der Waals surface area contributed by atoms with E-state index >= 15 is 0 Å². The molecule has 5 heteroatoms. The first-order valence-electron chi connectivity index (χ1n) is 8.39. The first kappa shape index (κ1) is 16.6. The predicted octanol–water partition coefficient (Wildman–Crippen LogP) is 5.23. The maximum Gasteiger partial charge on any atom is 0.274 e. The van der Waals surface area contributed by atoms with E-state index in [9.17, 15) is 4.79 Å². The number of amides is 1. The molecule has 130 valence electrons. The summed E-state index contributed by atoms with van der Waals surface area (Å²) in [7, 11) is 0. The molecule has 0 saturated carbocycles. The van der Waals surface area contributed by atoms with Crippen molar-refractivity contribution < 1.29 is 9.21 Å². The minimum atomic E-state index is -0.260. The summed E-state index contributed by atoms with van der Waals surface area (Å²) in [4.78, 5) is 13.0. The molecule has 0 N–H and O–H groups in total. The Kier molecular flexibility index (Phi) is 4.35. The molecule has 0 radical (unpaired) electrons. The van der Waals surface area contributed by atoms with E-state index in [0.29, 0.717) is 17.0 Å². The smallest absolute Gasteiger partial charge is 0.274 e. The van der Waals surface area contributed by atoms with Crippen LogP contribution in [0, 0.1) is 6.92 Å². The second kappa shape index (κ2) is 6.81. The van der Waals surface area contributed by atoms with Crippen molar-refractivity contribution in [2.24, 2.45) is 5.10 Å². The van der Waals surface area contributed by atoms with E-state index in [1.165, 1.54) is 10.6 Å². The summed E-state index contributed by atoms with van der Waals surface area (Å²) in [5.74, 6) is 0.545. The van der Waals surface area contributed by atoms with E-state index in [0.717, 1.165) is 17.0 Å². The molecule has 0 aliphatic carbocycles. The number of hydrazone groups is 1. The number of nitrogens with zero attached hydrogens (tertiary/aromatic N) is 2. The molecule has 4 rings (SSSR count). The molecule has 1 aliphatic heterocycles. The number of hydrogen-bond donors (Lipinski definition) is 0. The van der Waals surface area contributed by atoms with Gasteiger partial charge in [-0.1, -0.05) is 41.4 Å². The quantitative estimate of drug-likeness (QED) is 0.638. The number of hydrogen-bond acceptors (Lipinski definition) is 3. The van der Waals surface area contributed by atoms with E-state index in [-0.39, 0.29) is 11.9 Å². The zero-order chi connectivity index (χ0) is 18.1. The number of carbonyl (C=O) groups excluding carboxylic acids is 1. The molecule has 1 atom stereocenters. The van der Waals surface area contributed by atoms with Crippen LogP contribution in [0.5, 0.6) is 0 Å². The first-order valence-corrected chi connectivity index (χ1v) is 8.76. The summed E-state index contributed by atoms with van der Waals surface area (Å²) in [6, 6.07) is 18.4. The molecule has 0 saturated heterocycles. The maximum atomic E-state index is 13.0. The highest BCUT2D eigenvalue weighted by atomic mass is 35.5. The summed E-state index contributed by atoms with van der Waals surface area (Å²) in [5.41, 5.74) is 3.61. The van der Waals surface area contributed by atoms with Crippen LogP contribution in [-0.4, -0.2) is 16.6 Å². The van der Waals surface area contributed by atoms with Crippen LogP contribution in [0.3, 0.4) is 0 Å². The molecule has 4 nitrogen and oxygen atoms in total. The van der Waals surface area contributed by atoms with E-state index < -0.39 is 0 Å². The lowest BCUT2D eigenvalue weighted by Gasteiger charge is -2.19. The third-order valence-corrected chi connectivity index (χ3v) is 4.72. The molecular formula is C21H17ClN2O2. The summed E-state index contributed by atoms with van der Waals surface area (Å²) in [6.07, 6.45) is 2.22. The average Bonchev–Trinajstić information content (AvgIpc) is 3.32. The van der Waals surface area contributed by atoms with Gasteiger partial charge in [0.05, 0.1) is 12.0 Å². The Hall–Kier alpha value is -2.85. The van der Waals surface area contributed by atoms with Gasteiger partial charge in [0.15, 0.2) is 0 Å². The van der Waals surface area contributed by atoms with Gasteiger partial charge < -0.3 is 4.42 Å². The molecule has 1 aliphatic rings. The highest BCUT2D eigenvalue weighted by Crippen LogP contribution is 2.34. The molecule has 2 heterocycles. The lowest BCUT2D eigenvalue weighted by atomic mass is 10.0. The number of rotatable bonds is 3. The fourth-order valence-electron chi connectivity index (χ4n) is 3.05. The summed E-state index contributed by atoms with van der Waals surface area (Å²) in [5, 5.41) is 6.73. The summed E-state index contributed by atoms with van der Waals surface area (Å²) in [6.45, 7) is 2.04. The van der Waals surface area contributed by atoms with E-state index in [1.807, 2.05) is 43.3 Å². The Labute approximate surface area is 156 Å². The largest absolute Gasteiger partial charge is 0.467 e. The number of halogens is 1. The van der Waals surface area contributed by atoms with Gasteiger partial charge in [0.25, 0.3) is 5.91 Å². The lowest BCUT2D eigenvalue weighted by Crippen LogP contribution is -2.26. The van der Waals surface area contributed by atoms with Crippen molar-refractivity contribution >= 4 is 23.2 Å². The highest BCUT2D eigenvalue weighted by Gasteiger charge is 2.35. The Morgan fingerprint density at radius 2 is 1.85 bits per heavy atom. The van der Waals surface area contributed by atoms with Gasteiger partial charge in [-0.3, -0.25) is 4.79 Å². The van der Waals surface area contributed by atoms with Gasteiger partial charge in [-0.15, -0.1) is 0 Å². The van der Waals surface area contributed by atoms with Crippen molar-refractivity contribution in [3.63, 3.8) is 0 Å². The topological polar surface area (TPSA) is 45.8 Å². The fourth-order valence-corrected chi connectivity index (χ4v) is 3.17. The second-order valence-electron chi connectivity index (χ2n) is 6.30. The maximum absolute atomic E-state index is 13.0. The van der Waals surface area contributed by atoms with Crippen LogP contribution in [0.15, 0.2) is 76.4 Å². The zero-order valence-electron chi connectivity index (χ0n) is 14.2. The summed E-state index contributed by atoms with van der Waals surface area (Å²) >= 11 is 5.93. The molecule has 0 unspecified atom stereocenters. The van der Waals surface area contributed by atoms with Crippen molar-refractivity contribution in [3.05, 3.63) is 94.4 Å². The predicted molar refractivity (Wildman–Crippen MR) is 101 cm³/mol. The van der Waals surface area contributed by atoms with Gasteiger partial charge >= 0.3 is 0 Å². The number of furan rings is 1. The third kappa shape index (κ3) is 3.16. The van der Waals surface area contributed by atoms with Crippen LogP contribution >= 0.6 is 11.6 Å². The number of carbonyl (C=O) groups is 1. The van der Waals surface area contributed by atoms with Crippen LogP contribution in [0.4, 0.5) is 0 Å². The van der Waals surface area contributed by atoms with Crippen molar-refractivity contribution in [3.8, 4) is 0 Å². The molecule has 0 spiro atoms. The first-order chi connectivity index (χ1) is 12.6. The monoisotopic (exact) mass is 364 g/mol. The highest BCUT2D eigenvalue weighted by molar-refractivity contribution is 6.30. The molecule has 2 aromatic carbocycles. The van der Waals surface area contributed by atoms with Gasteiger partial charge in [0, 0.05) is 17.0 Å². The van der Waals surface area contributed by atoms with E-state index in [4.69, 9.17) is 16.0 Å². The van der Waals surface area contributed by atoms with Gasteiger partial charge in [-0.2, -0.15) is 5.10 Å². The average molecular weight is 365 g/mol. The van der Waals surface area contributed by atoms with Crippen LogP contribution in [0.2, 0.25) is 5.02 Å². The van der Waals surface area contributed by atoms with Crippen molar-refractivity contribution in [2.45, 2.75) is 19.4 Å². The SMILES string of the molecule is Cc1ccc(C2=NN(C(=O)c3ccc(Cl)cc3)[C@@H](c3ccco3)C2)cc1. The Balaban J connectivity index is 1.70. The number of benzene rings is 2. The third-order valence-electron chi connectivity index (χ3n) is 4.47. The second-order valence-corrected chi connectivity index (χ2v) is 6.74. The van der Waals surface area contributed by atoms with Crippen LogP contribution in [0.1, 0.15) is 39.7 Å². The molecule has 3 aromatic rings. The van der Waals surface area contributed by atoms with Crippen LogP contribution in [0.25, 0.3) is 0 Å². The Bertz CT molecular complexity index is 945. The Morgan fingerprint density at radius 3 is 2.50 bits per heavy atom.